The van der Waals surface area contributed by atoms with E-state index in [1.807, 2.05) is 13.8 Å². The second-order valence-corrected chi connectivity index (χ2v) is 9.57. The Balaban J connectivity index is 0.00000280. The van der Waals surface area contributed by atoms with Crippen LogP contribution in [0, 0.1) is 12.8 Å². The standard InChI is InChI=1S/C20H31N3O3S.ClH/c1-4-23(5-2)27(25,26)19-13-16(11-10-14(19)3)21-20(24)18-12-15-8-6-7-9-17(15)22-18;/h10-11,13,15,17-18,22H,4-9,12H2,1-3H3,(H,21,24);1H. The zero-order valence-electron chi connectivity index (χ0n) is 16.9. The minimum atomic E-state index is -3.56. The molecule has 2 aliphatic rings. The Morgan fingerprint density at radius 3 is 2.54 bits per heavy atom. The van der Waals surface area contributed by atoms with E-state index in [-0.39, 0.29) is 29.3 Å². The topological polar surface area (TPSA) is 78.5 Å². The quantitative estimate of drug-likeness (QED) is 0.727. The Kier molecular flexibility index (Phi) is 7.90. The maximum Gasteiger partial charge on any atom is 0.243 e. The van der Waals surface area contributed by atoms with Crippen molar-refractivity contribution in [3.63, 3.8) is 0 Å². The van der Waals surface area contributed by atoms with Gasteiger partial charge in [-0.3, -0.25) is 4.79 Å². The molecule has 2 N–H and O–H groups in total. The number of benzene rings is 1. The fourth-order valence-electron chi connectivity index (χ4n) is 4.41. The summed E-state index contributed by atoms with van der Waals surface area (Å²) >= 11 is 0. The van der Waals surface area contributed by atoms with E-state index < -0.39 is 10.0 Å². The molecule has 1 heterocycles. The highest BCUT2D eigenvalue weighted by Gasteiger charge is 2.38. The zero-order chi connectivity index (χ0) is 19.6. The van der Waals surface area contributed by atoms with Gasteiger partial charge in [0, 0.05) is 24.8 Å². The Bertz CT molecular complexity index is 782. The van der Waals surface area contributed by atoms with Gasteiger partial charge >= 0.3 is 0 Å². The second-order valence-electron chi connectivity index (χ2n) is 7.66. The monoisotopic (exact) mass is 429 g/mol. The highest BCUT2D eigenvalue weighted by atomic mass is 35.5. The minimum Gasteiger partial charge on any atom is -0.325 e. The molecule has 3 unspecified atom stereocenters. The van der Waals surface area contributed by atoms with Crippen LogP contribution in [0.4, 0.5) is 5.69 Å². The Morgan fingerprint density at radius 1 is 1.21 bits per heavy atom. The minimum absolute atomic E-state index is 0. The molecule has 158 valence electrons. The number of nitrogens with one attached hydrogen (secondary N) is 2. The molecule has 3 rings (SSSR count). The Morgan fingerprint density at radius 2 is 1.89 bits per heavy atom. The summed E-state index contributed by atoms with van der Waals surface area (Å²) in [4.78, 5) is 13.0. The molecule has 2 fully saturated rings. The van der Waals surface area contributed by atoms with Crippen LogP contribution in [0.25, 0.3) is 0 Å². The van der Waals surface area contributed by atoms with E-state index >= 15 is 0 Å². The van der Waals surface area contributed by atoms with Gasteiger partial charge in [0.25, 0.3) is 0 Å². The SMILES string of the molecule is CCN(CC)S(=O)(=O)c1cc(NC(=O)C2CC3CCCCC3N2)ccc1C.Cl. The van der Waals surface area contributed by atoms with Crippen molar-refractivity contribution in [1.82, 2.24) is 9.62 Å². The largest absolute Gasteiger partial charge is 0.325 e. The zero-order valence-corrected chi connectivity index (χ0v) is 18.5. The summed E-state index contributed by atoms with van der Waals surface area (Å²) in [6.07, 6.45) is 5.69. The van der Waals surface area contributed by atoms with Gasteiger partial charge < -0.3 is 10.6 Å². The van der Waals surface area contributed by atoms with Crippen molar-refractivity contribution in [2.45, 2.75) is 69.9 Å². The van der Waals surface area contributed by atoms with Crippen molar-refractivity contribution in [3.8, 4) is 0 Å². The molecule has 28 heavy (non-hydrogen) atoms. The van der Waals surface area contributed by atoms with Gasteiger partial charge in [0.1, 0.15) is 0 Å². The number of amides is 1. The first-order chi connectivity index (χ1) is 12.9. The first kappa shape index (κ1) is 23.1. The van der Waals surface area contributed by atoms with E-state index in [2.05, 4.69) is 10.6 Å². The van der Waals surface area contributed by atoms with Crippen molar-refractivity contribution in [1.29, 1.82) is 0 Å². The highest BCUT2D eigenvalue weighted by Crippen LogP contribution is 2.33. The number of fused-ring (bicyclic) bond motifs is 1. The third kappa shape index (κ3) is 4.70. The van der Waals surface area contributed by atoms with Crippen LogP contribution < -0.4 is 10.6 Å². The average molecular weight is 430 g/mol. The number of anilines is 1. The van der Waals surface area contributed by atoms with E-state index in [0.29, 0.717) is 36.3 Å². The summed E-state index contributed by atoms with van der Waals surface area (Å²) in [5.41, 5.74) is 1.22. The van der Waals surface area contributed by atoms with Gasteiger partial charge in [-0.15, -0.1) is 12.4 Å². The van der Waals surface area contributed by atoms with Crippen LogP contribution in [0.15, 0.2) is 23.1 Å². The Hall–Kier alpha value is -1.15. The van der Waals surface area contributed by atoms with Crippen LogP contribution in [0.5, 0.6) is 0 Å². The summed E-state index contributed by atoms with van der Waals surface area (Å²) < 4.78 is 27.2. The summed E-state index contributed by atoms with van der Waals surface area (Å²) in [6, 6.07) is 5.38. The van der Waals surface area contributed by atoms with E-state index in [1.165, 1.54) is 23.6 Å². The van der Waals surface area contributed by atoms with Crippen LogP contribution in [0.3, 0.4) is 0 Å². The fourth-order valence-corrected chi connectivity index (χ4v) is 6.12. The van der Waals surface area contributed by atoms with Crippen LogP contribution >= 0.6 is 12.4 Å². The summed E-state index contributed by atoms with van der Waals surface area (Å²) in [5, 5.41) is 6.39. The molecular formula is C20H32ClN3O3S. The van der Waals surface area contributed by atoms with Crippen molar-refractivity contribution in [2.24, 2.45) is 5.92 Å². The molecule has 0 aromatic heterocycles. The molecule has 1 saturated carbocycles. The second kappa shape index (κ2) is 9.57. The smallest absolute Gasteiger partial charge is 0.243 e. The van der Waals surface area contributed by atoms with E-state index in [1.54, 1.807) is 25.1 Å². The summed E-state index contributed by atoms with van der Waals surface area (Å²) in [6.45, 7) is 6.28. The maximum absolute atomic E-state index is 12.9. The van der Waals surface area contributed by atoms with Crippen LogP contribution in [0.1, 0.15) is 51.5 Å². The van der Waals surface area contributed by atoms with Crippen molar-refractivity contribution >= 4 is 34.0 Å². The lowest BCUT2D eigenvalue weighted by atomic mass is 9.85. The molecule has 6 nitrogen and oxygen atoms in total. The van der Waals surface area contributed by atoms with E-state index in [4.69, 9.17) is 0 Å². The van der Waals surface area contributed by atoms with Gasteiger partial charge in [-0.05, 0) is 49.8 Å². The molecule has 0 bridgehead atoms. The first-order valence-corrected chi connectivity index (χ1v) is 11.5. The number of sulfonamides is 1. The summed E-state index contributed by atoms with van der Waals surface area (Å²) in [7, 11) is -3.56. The lowest BCUT2D eigenvalue weighted by molar-refractivity contribution is -0.117. The van der Waals surface area contributed by atoms with E-state index in [9.17, 15) is 13.2 Å². The summed E-state index contributed by atoms with van der Waals surface area (Å²) in [5.74, 6) is 0.519. The molecule has 1 aliphatic carbocycles. The third-order valence-corrected chi connectivity index (χ3v) is 8.15. The van der Waals surface area contributed by atoms with Gasteiger partial charge in [-0.1, -0.05) is 32.8 Å². The molecule has 1 saturated heterocycles. The number of halogens is 1. The van der Waals surface area contributed by atoms with Crippen LogP contribution in [0.2, 0.25) is 0 Å². The lowest BCUT2D eigenvalue weighted by Crippen LogP contribution is -2.40. The number of aryl methyl sites for hydroxylation is 1. The van der Waals surface area contributed by atoms with Gasteiger partial charge in [0.15, 0.2) is 0 Å². The molecule has 0 spiro atoms. The van der Waals surface area contributed by atoms with Gasteiger partial charge in [-0.2, -0.15) is 4.31 Å². The first-order valence-electron chi connectivity index (χ1n) is 10.0. The number of nitrogens with zero attached hydrogens (tertiary/aromatic N) is 1. The predicted molar refractivity (Wildman–Crippen MR) is 114 cm³/mol. The van der Waals surface area contributed by atoms with Crippen molar-refractivity contribution in [2.75, 3.05) is 18.4 Å². The molecule has 1 aliphatic heterocycles. The highest BCUT2D eigenvalue weighted by molar-refractivity contribution is 7.89. The van der Waals surface area contributed by atoms with Gasteiger partial charge in [0.2, 0.25) is 15.9 Å². The predicted octanol–water partition coefficient (Wildman–Crippen LogP) is 3.31. The Labute approximate surface area is 174 Å². The molecule has 1 aromatic carbocycles. The molecular weight excluding hydrogens is 398 g/mol. The fraction of sp³-hybridized carbons (Fsp3) is 0.650. The molecule has 0 radical (unpaired) electrons. The number of carbonyl (C=O) groups is 1. The van der Waals surface area contributed by atoms with Gasteiger partial charge in [-0.25, -0.2) is 8.42 Å². The van der Waals surface area contributed by atoms with Crippen molar-refractivity contribution in [3.05, 3.63) is 23.8 Å². The normalized spacial score (nSPS) is 24.5. The number of carbonyl (C=O) groups excluding carboxylic acids is 1. The van der Waals surface area contributed by atoms with Crippen LogP contribution in [-0.2, 0) is 14.8 Å². The molecule has 1 amide bonds. The van der Waals surface area contributed by atoms with E-state index in [0.717, 1.165) is 12.8 Å². The lowest BCUT2D eigenvalue weighted by Gasteiger charge is -2.24. The maximum atomic E-state index is 12.9. The van der Waals surface area contributed by atoms with Crippen molar-refractivity contribution < 1.29 is 13.2 Å². The number of rotatable bonds is 6. The average Bonchev–Trinajstić information content (AvgIpc) is 3.08. The molecule has 1 aromatic rings. The number of hydrogen-bond acceptors (Lipinski definition) is 4. The number of hydrogen-bond donors (Lipinski definition) is 2. The third-order valence-electron chi connectivity index (χ3n) is 5.96. The molecule has 3 atom stereocenters. The van der Waals surface area contributed by atoms with Crippen LogP contribution in [-0.4, -0.2) is 43.8 Å². The van der Waals surface area contributed by atoms with Gasteiger partial charge in [0.05, 0.1) is 10.9 Å². The molecule has 8 heteroatoms.